The summed E-state index contributed by atoms with van der Waals surface area (Å²) in [6, 6.07) is 16.6. The minimum Gasteiger partial charge on any atom is -0.420 e. The lowest BCUT2D eigenvalue weighted by Crippen LogP contribution is -2.21. The van der Waals surface area contributed by atoms with Crippen molar-refractivity contribution in [3.05, 3.63) is 60.0 Å². The standard InChI is InChI=1S/C24H28N6OS/c1-5-29(6-2)20-14-12-18(13-15-20)22-26-28-24(30(22)7-3)32-16-21-25-27-23(31-21)19-10-8-17(4)9-11-19/h8-15H,5-7,16H2,1-4H3. The Morgan fingerprint density at radius 3 is 2.19 bits per heavy atom. The van der Waals surface area contributed by atoms with E-state index >= 15 is 0 Å². The topological polar surface area (TPSA) is 72.9 Å². The number of anilines is 1. The van der Waals surface area contributed by atoms with Crippen LogP contribution >= 0.6 is 11.8 Å². The van der Waals surface area contributed by atoms with Gasteiger partial charge in [0.05, 0.1) is 5.75 Å². The summed E-state index contributed by atoms with van der Waals surface area (Å²) >= 11 is 1.55. The summed E-state index contributed by atoms with van der Waals surface area (Å²) in [6.45, 7) is 11.2. The molecule has 4 rings (SSSR count). The van der Waals surface area contributed by atoms with E-state index in [-0.39, 0.29) is 0 Å². The van der Waals surface area contributed by atoms with E-state index in [4.69, 9.17) is 4.42 Å². The van der Waals surface area contributed by atoms with Gasteiger partial charge in [-0.2, -0.15) is 0 Å². The van der Waals surface area contributed by atoms with Crippen LogP contribution in [0, 0.1) is 6.92 Å². The molecule has 8 heteroatoms. The molecule has 0 amide bonds. The molecule has 0 aliphatic carbocycles. The fourth-order valence-electron chi connectivity index (χ4n) is 3.56. The summed E-state index contributed by atoms with van der Waals surface area (Å²) in [5.74, 6) is 2.51. The van der Waals surface area contributed by atoms with Gasteiger partial charge in [-0.15, -0.1) is 20.4 Å². The van der Waals surface area contributed by atoms with Crippen molar-refractivity contribution in [2.24, 2.45) is 0 Å². The van der Waals surface area contributed by atoms with E-state index in [1.807, 2.05) is 24.3 Å². The van der Waals surface area contributed by atoms with E-state index in [2.05, 4.69) is 81.8 Å². The van der Waals surface area contributed by atoms with Crippen LogP contribution in [0.15, 0.2) is 58.1 Å². The maximum Gasteiger partial charge on any atom is 0.247 e. The highest BCUT2D eigenvalue weighted by Crippen LogP contribution is 2.28. The van der Waals surface area contributed by atoms with Gasteiger partial charge >= 0.3 is 0 Å². The lowest BCUT2D eigenvalue weighted by Gasteiger charge is -2.21. The van der Waals surface area contributed by atoms with Crippen molar-refractivity contribution in [2.45, 2.75) is 45.1 Å². The molecule has 7 nitrogen and oxygen atoms in total. The second kappa shape index (κ2) is 9.99. The molecule has 0 bridgehead atoms. The van der Waals surface area contributed by atoms with Crippen molar-refractivity contribution >= 4 is 17.4 Å². The molecule has 0 atom stereocenters. The molecule has 0 aliphatic rings. The first-order valence-corrected chi connectivity index (χ1v) is 11.9. The molecule has 0 spiro atoms. The smallest absolute Gasteiger partial charge is 0.247 e. The largest absolute Gasteiger partial charge is 0.420 e. The Balaban J connectivity index is 1.47. The van der Waals surface area contributed by atoms with Gasteiger partial charge in [-0.1, -0.05) is 29.5 Å². The molecule has 0 aliphatic heterocycles. The monoisotopic (exact) mass is 448 g/mol. The molecular formula is C24H28N6OS. The molecule has 2 heterocycles. The highest BCUT2D eigenvalue weighted by Gasteiger charge is 2.16. The summed E-state index contributed by atoms with van der Waals surface area (Å²) in [5, 5.41) is 18.1. The molecule has 0 saturated heterocycles. The lowest BCUT2D eigenvalue weighted by molar-refractivity contribution is 0.528. The minimum atomic E-state index is 0.534. The van der Waals surface area contributed by atoms with Gasteiger partial charge < -0.3 is 13.9 Å². The number of hydrogen-bond acceptors (Lipinski definition) is 7. The van der Waals surface area contributed by atoms with Crippen molar-refractivity contribution in [1.82, 2.24) is 25.0 Å². The third kappa shape index (κ3) is 4.70. The zero-order valence-electron chi connectivity index (χ0n) is 18.9. The number of aryl methyl sites for hydroxylation is 1. The Labute approximate surface area is 192 Å². The molecule has 0 radical (unpaired) electrons. The Morgan fingerprint density at radius 2 is 1.53 bits per heavy atom. The Bertz CT molecular complexity index is 1150. The first kappa shape index (κ1) is 22.1. The molecular weight excluding hydrogens is 420 g/mol. The van der Waals surface area contributed by atoms with Crippen LogP contribution in [0.3, 0.4) is 0 Å². The van der Waals surface area contributed by atoms with Crippen molar-refractivity contribution in [2.75, 3.05) is 18.0 Å². The van der Waals surface area contributed by atoms with Crippen LogP contribution in [0.5, 0.6) is 0 Å². The Kier molecular flexibility index (Phi) is 6.90. The number of benzene rings is 2. The third-order valence-corrected chi connectivity index (χ3v) is 6.33. The molecule has 4 aromatic rings. The van der Waals surface area contributed by atoms with Crippen LogP contribution in [0.2, 0.25) is 0 Å². The molecule has 0 saturated carbocycles. The summed E-state index contributed by atoms with van der Waals surface area (Å²) in [4.78, 5) is 2.32. The highest BCUT2D eigenvalue weighted by molar-refractivity contribution is 7.98. The second-order valence-corrected chi connectivity index (χ2v) is 8.37. The minimum absolute atomic E-state index is 0.534. The van der Waals surface area contributed by atoms with Gasteiger partial charge in [0.1, 0.15) is 0 Å². The molecule has 0 N–H and O–H groups in total. The van der Waals surface area contributed by atoms with E-state index < -0.39 is 0 Å². The predicted octanol–water partition coefficient (Wildman–Crippen LogP) is 5.46. The van der Waals surface area contributed by atoms with Gasteiger partial charge in [0.25, 0.3) is 0 Å². The average molecular weight is 449 g/mol. The number of hydrogen-bond donors (Lipinski definition) is 0. The highest BCUT2D eigenvalue weighted by atomic mass is 32.2. The van der Waals surface area contributed by atoms with Crippen LogP contribution in [-0.2, 0) is 12.3 Å². The summed E-state index contributed by atoms with van der Waals surface area (Å²) in [6.07, 6.45) is 0. The van der Waals surface area contributed by atoms with E-state index in [0.29, 0.717) is 17.5 Å². The van der Waals surface area contributed by atoms with E-state index in [0.717, 1.165) is 41.7 Å². The first-order chi connectivity index (χ1) is 15.6. The van der Waals surface area contributed by atoms with Gasteiger partial charge in [0.15, 0.2) is 11.0 Å². The number of nitrogens with zero attached hydrogens (tertiary/aromatic N) is 6. The van der Waals surface area contributed by atoms with Gasteiger partial charge in [0, 0.05) is 36.4 Å². The summed E-state index contributed by atoms with van der Waals surface area (Å²) < 4.78 is 7.97. The number of rotatable bonds is 9. The summed E-state index contributed by atoms with van der Waals surface area (Å²) in [5.41, 5.74) is 4.39. The zero-order valence-corrected chi connectivity index (χ0v) is 19.8. The van der Waals surface area contributed by atoms with Crippen LogP contribution in [0.1, 0.15) is 32.2 Å². The fraction of sp³-hybridized carbons (Fsp3) is 0.333. The first-order valence-electron chi connectivity index (χ1n) is 10.9. The molecule has 0 fully saturated rings. The van der Waals surface area contributed by atoms with E-state index in [1.165, 1.54) is 11.3 Å². The molecule has 0 unspecified atom stereocenters. The van der Waals surface area contributed by atoms with Crippen molar-refractivity contribution < 1.29 is 4.42 Å². The van der Waals surface area contributed by atoms with Gasteiger partial charge in [0.2, 0.25) is 11.8 Å². The average Bonchev–Trinajstić information content (AvgIpc) is 3.46. The number of aromatic nitrogens is 5. The summed E-state index contributed by atoms with van der Waals surface area (Å²) in [7, 11) is 0. The van der Waals surface area contributed by atoms with Gasteiger partial charge in [-0.05, 0) is 64.1 Å². The zero-order chi connectivity index (χ0) is 22.5. The maximum atomic E-state index is 5.85. The van der Waals surface area contributed by atoms with Crippen LogP contribution in [-0.4, -0.2) is 38.1 Å². The molecule has 2 aromatic carbocycles. The van der Waals surface area contributed by atoms with Crippen LogP contribution < -0.4 is 4.90 Å². The Morgan fingerprint density at radius 1 is 0.844 bits per heavy atom. The molecule has 2 aromatic heterocycles. The SMILES string of the molecule is CCN(CC)c1ccc(-c2nnc(SCc3nnc(-c4ccc(C)cc4)o3)n2CC)cc1. The van der Waals surface area contributed by atoms with E-state index in [9.17, 15) is 0 Å². The fourth-order valence-corrected chi connectivity index (χ4v) is 4.39. The number of thioether (sulfide) groups is 1. The Hall–Kier alpha value is -3.13. The second-order valence-electron chi connectivity index (χ2n) is 7.43. The predicted molar refractivity (Wildman–Crippen MR) is 129 cm³/mol. The van der Waals surface area contributed by atoms with E-state index in [1.54, 1.807) is 11.8 Å². The normalized spacial score (nSPS) is 11.1. The molecule has 32 heavy (non-hydrogen) atoms. The quantitative estimate of drug-likeness (QED) is 0.315. The van der Waals surface area contributed by atoms with Gasteiger partial charge in [-0.3, -0.25) is 0 Å². The maximum absolute atomic E-state index is 5.85. The van der Waals surface area contributed by atoms with Crippen LogP contribution in [0.25, 0.3) is 22.8 Å². The van der Waals surface area contributed by atoms with Crippen molar-refractivity contribution in [3.8, 4) is 22.8 Å². The lowest BCUT2D eigenvalue weighted by atomic mass is 10.1. The van der Waals surface area contributed by atoms with Crippen molar-refractivity contribution in [1.29, 1.82) is 0 Å². The third-order valence-electron chi connectivity index (χ3n) is 5.38. The van der Waals surface area contributed by atoms with Crippen molar-refractivity contribution in [3.63, 3.8) is 0 Å². The van der Waals surface area contributed by atoms with Gasteiger partial charge in [-0.25, -0.2) is 0 Å². The molecule has 166 valence electrons. The van der Waals surface area contributed by atoms with Crippen LogP contribution in [0.4, 0.5) is 5.69 Å².